The number of carbonyl (C=O) groups is 1. The van der Waals surface area contributed by atoms with Crippen LogP contribution in [0.15, 0.2) is 30.3 Å². The second kappa shape index (κ2) is 7.47. The second-order valence-corrected chi connectivity index (χ2v) is 3.60. The van der Waals surface area contributed by atoms with E-state index in [9.17, 15) is 4.79 Å². The van der Waals surface area contributed by atoms with Crippen molar-refractivity contribution in [3.8, 4) is 6.07 Å². The van der Waals surface area contributed by atoms with Crippen molar-refractivity contribution in [3.63, 3.8) is 0 Å². The molecule has 0 saturated carbocycles. The topological polar surface area (TPSA) is 52.9 Å². The molecule has 3 heteroatoms. The van der Waals surface area contributed by atoms with Crippen molar-refractivity contribution in [2.45, 2.75) is 25.7 Å². The number of hydrogen-bond donors (Lipinski definition) is 1. The second-order valence-electron chi connectivity index (χ2n) is 3.60. The van der Waals surface area contributed by atoms with Gasteiger partial charge in [0.2, 0.25) is 5.91 Å². The van der Waals surface area contributed by atoms with Crippen molar-refractivity contribution in [3.05, 3.63) is 35.9 Å². The Bertz CT molecular complexity index is 354. The highest BCUT2D eigenvalue weighted by molar-refractivity contribution is 5.76. The molecule has 3 nitrogen and oxygen atoms in total. The van der Waals surface area contributed by atoms with Gasteiger partial charge in [-0.1, -0.05) is 30.3 Å². The number of benzene rings is 1. The Morgan fingerprint density at radius 3 is 2.75 bits per heavy atom. The zero-order valence-corrected chi connectivity index (χ0v) is 9.28. The van der Waals surface area contributed by atoms with Gasteiger partial charge in [-0.3, -0.25) is 4.79 Å². The van der Waals surface area contributed by atoms with Gasteiger partial charge in [-0.25, -0.2) is 0 Å². The van der Waals surface area contributed by atoms with Crippen LogP contribution >= 0.6 is 0 Å². The Morgan fingerprint density at radius 2 is 2.06 bits per heavy atom. The van der Waals surface area contributed by atoms with E-state index in [-0.39, 0.29) is 5.91 Å². The molecule has 1 N–H and O–H groups in total. The van der Waals surface area contributed by atoms with Crippen LogP contribution in [0.4, 0.5) is 0 Å². The molecule has 0 aliphatic carbocycles. The predicted molar refractivity (Wildman–Crippen MR) is 62.6 cm³/mol. The fourth-order valence-corrected chi connectivity index (χ4v) is 1.39. The molecule has 0 heterocycles. The number of nitrogens with one attached hydrogen (secondary N) is 1. The van der Waals surface area contributed by atoms with E-state index in [0.29, 0.717) is 19.4 Å². The molecule has 1 amide bonds. The van der Waals surface area contributed by atoms with E-state index in [1.807, 2.05) is 36.4 Å². The van der Waals surface area contributed by atoms with E-state index in [4.69, 9.17) is 5.26 Å². The Labute approximate surface area is 96.1 Å². The third-order valence-corrected chi connectivity index (χ3v) is 2.27. The van der Waals surface area contributed by atoms with Gasteiger partial charge in [0.1, 0.15) is 0 Å². The highest BCUT2D eigenvalue weighted by atomic mass is 16.1. The first-order chi connectivity index (χ1) is 7.83. The van der Waals surface area contributed by atoms with Crippen LogP contribution < -0.4 is 5.32 Å². The number of nitrogens with zero attached hydrogens (tertiary/aromatic N) is 1. The lowest BCUT2D eigenvalue weighted by Gasteiger charge is -2.03. The minimum Gasteiger partial charge on any atom is -0.356 e. The van der Waals surface area contributed by atoms with Gasteiger partial charge in [-0.15, -0.1) is 0 Å². The summed E-state index contributed by atoms with van der Waals surface area (Å²) in [5.41, 5.74) is 1.18. The summed E-state index contributed by atoms with van der Waals surface area (Å²) in [4.78, 5) is 11.4. The summed E-state index contributed by atoms with van der Waals surface area (Å²) in [5.74, 6) is 0.0572. The first kappa shape index (κ1) is 12.3. The van der Waals surface area contributed by atoms with E-state index in [1.54, 1.807) is 0 Å². The Balaban J connectivity index is 2.14. The van der Waals surface area contributed by atoms with Crippen LogP contribution in [-0.2, 0) is 11.2 Å². The molecule has 0 radical (unpaired) electrons. The van der Waals surface area contributed by atoms with Crippen molar-refractivity contribution >= 4 is 5.91 Å². The molecule has 0 spiro atoms. The average Bonchev–Trinajstić information content (AvgIpc) is 2.33. The average molecular weight is 216 g/mol. The highest BCUT2D eigenvalue weighted by Crippen LogP contribution is 2.01. The van der Waals surface area contributed by atoms with Crippen LogP contribution in [0.5, 0.6) is 0 Å². The van der Waals surface area contributed by atoms with Gasteiger partial charge in [-0.2, -0.15) is 5.26 Å². The van der Waals surface area contributed by atoms with Crippen molar-refractivity contribution in [2.75, 3.05) is 6.54 Å². The van der Waals surface area contributed by atoms with E-state index >= 15 is 0 Å². The Morgan fingerprint density at radius 1 is 1.31 bits per heavy atom. The SMILES string of the molecule is N#CCCCNC(=O)CCc1ccccc1. The van der Waals surface area contributed by atoms with Crippen LogP contribution in [0.3, 0.4) is 0 Å². The molecule has 0 aliphatic rings. The van der Waals surface area contributed by atoms with Crippen molar-refractivity contribution < 1.29 is 4.79 Å². The van der Waals surface area contributed by atoms with Crippen LogP contribution in [-0.4, -0.2) is 12.5 Å². The van der Waals surface area contributed by atoms with Crippen LogP contribution in [0.1, 0.15) is 24.8 Å². The summed E-state index contributed by atoms with van der Waals surface area (Å²) in [5, 5.41) is 11.1. The number of aryl methyl sites for hydroxylation is 1. The van der Waals surface area contributed by atoms with Crippen LogP contribution in [0.2, 0.25) is 0 Å². The van der Waals surface area contributed by atoms with Gasteiger partial charge in [0.05, 0.1) is 6.07 Å². The van der Waals surface area contributed by atoms with Gasteiger partial charge in [0.25, 0.3) is 0 Å². The summed E-state index contributed by atoms with van der Waals surface area (Å²) >= 11 is 0. The lowest BCUT2D eigenvalue weighted by molar-refractivity contribution is -0.121. The van der Waals surface area contributed by atoms with Gasteiger partial charge < -0.3 is 5.32 Å². The molecule has 0 bridgehead atoms. The summed E-state index contributed by atoms with van der Waals surface area (Å²) in [6.07, 6.45) is 2.51. The van der Waals surface area contributed by atoms with Crippen LogP contribution in [0, 0.1) is 11.3 Å². The number of nitriles is 1. The molecular weight excluding hydrogens is 200 g/mol. The number of amides is 1. The number of carbonyl (C=O) groups excluding carboxylic acids is 1. The maximum atomic E-state index is 11.4. The molecule has 0 fully saturated rings. The lowest BCUT2D eigenvalue weighted by atomic mass is 10.1. The molecule has 1 aromatic rings. The molecule has 0 aliphatic heterocycles. The zero-order valence-electron chi connectivity index (χ0n) is 9.28. The third kappa shape index (κ3) is 5.16. The molecule has 0 atom stereocenters. The summed E-state index contributed by atoms with van der Waals surface area (Å²) in [6, 6.07) is 12.0. The van der Waals surface area contributed by atoms with E-state index in [2.05, 4.69) is 5.32 Å². The standard InChI is InChI=1S/C13H16N2O/c14-10-4-5-11-15-13(16)9-8-12-6-2-1-3-7-12/h1-3,6-7H,4-5,8-9,11H2,(H,15,16). The first-order valence-electron chi connectivity index (χ1n) is 5.50. The minimum absolute atomic E-state index is 0.0572. The summed E-state index contributed by atoms with van der Waals surface area (Å²) in [7, 11) is 0. The molecule has 84 valence electrons. The fourth-order valence-electron chi connectivity index (χ4n) is 1.39. The maximum Gasteiger partial charge on any atom is 0.220 e. The minimum atomic E-state index is 0.0572. The fraction of sp³-hybridized carbons (Fsp3) is 0.385. The Kier molecular flexibility index (Phi) is 5.72. The molecular formula is C13H16N2O. The van der Waals surface area contributed by atoms with Gasteiger partial charge >= 0.3 is 0 Å². The first-order valence-corrected chi connectivity index (χ1v) is 5.50. The number of rotatable bonds is 6. The molecule has 16 heavy (non-hydrogen) atoms. The molecule has 0 saturated heterocycles. The van der Waals surface area contributed by atoms with E-state index in [0.717, 1.165) is 12.8 Å². The van der Waals surface area contributed by atoms with E-state index in [1.165, 1.54) is 5.56 Å². The smallest absolute Gasteiger partial charge is 0.220 e. The monoisotopic (exact) mass is 216 g/mol. The number of hydrogen-bond acceptors (Lipinski definition) is 2. The van der Waals surface area contributed by atoms with Crippen molar-refractivity contribution in [1.82, 2.24) is 5.32 Å². The van der Waals surface area contributed by atoms with Crippen molar-refractivity contribution in [1.29, 1.82) is 5.26 Å². The lowest BCUT2D eigenvalue weighted by Crippen LogP contribution is -2.24. The zero-order chi connectivity index (χ0) is 11.6. The molecule has 0 unspecified atom stereocenters. The van der Waals surface area contributed by atoms with Gasteiger partial charge in [-0.05, 0) is 18.4 Å². The largest absolute Gasteiger partial charge is 0.356 e. The predicted octanol–water partition coefficient (Wildman–Crippen LogP) is 2.04. The third-order valence-electron chi connectivity index (χ3n) is 2.27. The molecule has 0 aromatic heterocycles. The normalized spacial score (nSPS) is 9.44. The molecule has 1 aromatic carbocycles. The summed E-state index contributed by atoms with van der Waals surface area (Å²) < 4.78 is 0. The maximum absolute atomic E-state index is 11.4. The quantitative estimate of drug-likeness (QED) is 0.740. The van der Waals surface area contributed by atoms with Gasteiger partial charge in [0.15, 0.2) is 0 Å². The van der Waals surface area contributed by atoms with Gasteiger partial charge in [0, 0.05) is 19.4 Å². The van der Waals surface area contributed by atoms with Crippen LogP contribution in [0.25, 0.3) is 0 Å². The summed E-state index contributed by atoms with van der Waals surface area (Å²) in [6.45, 7) is 0.598. The highest BCUT2D eigenvalue weighted by Gasteiger charge is 2.00. The number of unbranched alkanes of at least 4 members (excludes halogenated alkanes) is 1. The molecule has 1 rings (SSSR count). The Hall–Kier alpha value is -1.82. The van der Waals surface area contributed by atoms with E-state index < -0.39 is 0 Å². The van der Waals surface area contributed by atoms with Crippen molar-refractivity contribution in [2.24, 2.45) is 0 Å².